The third-order valence-electron chi connectivity index (χ3n) is 1.24. The van der Waals surface area contributed by atoms with E-state index < -0.39 is 9.84 Å². The summed E-state index contributed by atoms with van der Waals surface area (Å²) in [6.07, 6.45) is 1.86. The Balaban J connectivity index is 4.14. The molecular formula is C7H14O3S. The van der Waals surface area contributed by atoms with Crippen molar-refractivity contribution in [1.29, 1.82) is 0 Å². The highest BCUT2D eigenvalue weighted by atomic mass is 32.2. The van der Waals surface area contributed by atoms with Gasteiger partial charge in [0, 0.05) is 12.0 Å². The second-order valence-electron chi connectivity index (χ2n) is 2.52. The van der Waals surface area contributed by atoms with Gasteiger partial charge in [-0.2, -0.15) is 0 Å². The molecule has 0 aromatic rings. The maximum atomic E-state index is 11.0. The molecule has 4 heteroatoms. The highest BCUT2D eigenvalue weighted by Gasteiger charge is 2.10. The molecule has 0 spiro atoms. The lowest BCUT2D eigenvalue weighted by atomic mass is 10.5. The predicted molar refractivity (Wildman–Crippen MR) is 44.9 cm³/mol. The molecule has 0 aliphatic carbocycles. The number of hydrogen-bond donors (Lipinski definition) is 1. The molecule has 0 rings (SSSR count). The standard InChI is InChI=1S/C7H14O3S/c1-7(2)11(9,10)6-4-3-5-8/h4,6-8H,3,5H2,1-2H3/b6-4+. The molecule has 0 saturated carbocycles. The van der Waals surface area contributed by atoms with Crippen LogP contribution in [-0.4, -0.2) is 25.4 Å². The number of aliphatic hydroxyl groups is 1. The minimum absolute atomic E-state index is 0.00981. The average molecular weight is 178 g/mol. The lowest BCUT2D eigenvalue weighted by Crippen LogP contribution is -2.09. The molecule has 0 unspecified atom stereocenters. The molecule has 0 aliphatic rings. The molecule has 11 heavy (non-hydrogen) atoms. The topological polar surface area (TPSA) is 54.4 Å². The van der Waals surface area contributed by atoms with Crippen LogP contribution in [0.5, 0.6) is 0 Å². The fourth-order valence-corrected chi connectivity index (χ4v) is 1.15. The Morgan fingerprint density at radius 3 is 2.36 bits per heavy atom. The van der Waals surface area contributed by atoms with Gasteiger partial charge in [-0.1, -0.05) is 6.08 Å². The van der Waals surface area contributed by atoms with E-state index in [4.69, 9.17) is 5.11 Å². The van der Waals surface area contributed by atoms with Gasteiger partial charge in [-0.15, -0.1) is 0 Å². The van der Waals surface area contributed by atoms with Gasteiger partial charge in [0.05, 0.1) is 5.25 Å². The van der Waals surface area contributed by atoms with Crippen molar-refractivity contribution < 1.29 is 13.5 Å². The number of sulfone groups is 1. The summed E-state index contributed by atoms with van der Waals surface area (Å²) >= 11 is 0. The molecule has 0 saturated heterocycles. The van der Waals surface area contributed by atoms with Crippen LogP contribution in [-0.2, 0) is 9.84 Å². The molecule has 0 amide bonds. The lowest BCUT2D eigenvalue weighted by molar-refractivity contribution is 0.302. The van der Waals surface area contributed by atoms with Crippen molar-refractivity contribution in [2.45, 2.75) is 25.5 Å². The monoisotopic (exact) mass is 178 g/mol. The highest BCUT2D eigenvalue weighted by Crippen LogP contribution is 2.02. The van der Waals surface area contributed by atoms with E-state index in [1.807, 2.05) is 0 Å². The first-order chi connectivity index (χ1) is 5.00. The molecule has 0 aliphatic heterocycles. The van der Waals surface area contributed by atoms with Gasteiger partial charge in [-0.25, -0.2) is 8.42 Å². The van der Waals surface area contributed by atoms with E-state index in [-0.39, 0.29) is 11.9 Å². The first-order valence-corrected chi connectivity index (χ1v) is 5.13. The Hall–Kier alpha value is -0.350. The van der Waals surface area contributed by atoms with Crippen LogP contribution >= 0.6 is 0 Å². The van der Waals surface area contributed by atoms with E-state index in [9.17, 15) is 8.42 Å². The van der Waals surface area contributed by atoms with Crippen LogP contribution in [0.1, 0.15) is 20.3 Å². The molecule has 1 N–H and O–H groups in total. The van der Waals surface area contributed by atoms with Gasteiger partial charge in [-0.05, 0) is 20.3 Å². The summed E-state index contributed by atoms with van der Waals surface area (Å²) in [7, 11) is -3.06. The van der Waals surface area contributed by atoms with Gasteiger partial charge in [0.2, 0.25) is 0 Å². The van der Waals surface area contributed by atoms with Crippen molar-refractivity contribution in [2.24, 2.45) is 0 Å². The van der Waals surface area contributed by atoms with Crippen molar-refractivity contribution in [1.82, 2.24) is 0 Å². The molecule has 0 aromatic heterocycles. The zero-order chi connectivity index (χ0) is 8.91. The van der Waals surface area contributed by atoms with Crippen molar-refractivity contribution in [3.8, 4) is 0 Å². The second-order valence-corrected chi connectivity index (χ2v) is 4.91. The van der Waals surface area contributed by atoms with E-state index in [0.29, 0.717) is 6.42 Å². The third kappa shape index (κ3) is 4.16. The van der Waals surface area contributed by atoms with Crippen LogP contribution in [0.25, 0.3) is 0 Å². The van der Waals surface area contributed by atoms with Gasteiger partial charge in [0.1, 0.15) is 0 Å². The predicted octanol–water partition coefficient (Wildman–Crippen LogP) is 0.706. The van der Waals surface area contributed by atoms with Crippen LogP contribution in [0.15, 0.2) is 11.5 Å². The van der Waals surface area contributed by atoms with Gasteiger partial charge < -0.3 is 5.11 Å². The highest BCUT2D eigenvalue weighted by molar-refractivity contribution is 7.94. The molecular weight excluding hydrogens is 164 g/mol. The summed E-state index contributed by atoms with van der Waals surface area (Å²) in [5.74, 6) is 0. The van der Waals surface area contributed by atoms with Crippen molar-refractivity contribution in [2.75, 3.05) is 6.61 Å². The summed E-state index contributed by atoms with van der Waals surface area (Å²) in [4.78, 5) is 0. The van der Waals surface area contributed by atoms with Crippen LogP contribution in [0, 0.1) is 0 Å². The average Bonchev–Trinajstić information content (AvgIpc) is 1.88. The lowest BCUT2D eigenvalue weighted by Gasteiger charge is -1.99. The number of aliphatic hydroxyl groups excluding tert-OH is 1. The van der Waals surface area contributed by atoms with Crippen LogP contribution < -0.4 is 0 Å². The molecule has 66 valence electrons. The molecule has 0 atom stereocenters. The van der Waals surface area contributed by atoms with Gasteiger partial charge >= 0.3 is 0 Å². The zero-order valence-corrected chi connectivity index (χ0v) is 7.63. The fourth-order valence-electron chi connectivity index (χ4n) is 0.434. The van der Waals surface area contributed by atoms with Gasteiger partial charge in [0.15, 0.2) is 9.84 Å². The SMILES string of the molecule is CC(C)S(=O)(=O)/C=C/CCO. The Bertz CT molecular complexity index is 214. The fraction of sp³-hybridized carbons (Fsp3) is 0.714. The molecule has 0 aromatic carbocycles. The zero-order valence-electron chi connectivity index (χ0n) is 6.82. The Labute approximate surface area is 67.7 Å². The van der Waals surface area contributed by atoms with E-state index in [1.54, 1.807) is 13.8 Å². The Morgan fingerprint density at radius 1 is 1.45 bits per heavy atom. The van der Waals surface area contributed by atoms with Gasteiger partial charge in [-0.3, -0.25) is 0 Å². The summed E-state index contributed by atoms with van der Waals surface area (Å²) in [6.45, 7) is 3.24. The molecule has 0 heterocycles. The largest absolute Gasteiger partial charge is 0.396 e. The minimum Gasteiger partial charge on any atom is -0.396 e. The van der Waals surface area contributed by atoms with E-state index in [0.717, 1.165) is 5.41 Å². The normalized spacial score (nSPS) is 13.1. The number of rotatable bonds is 4. The Kier molecular flexibility index (Phi) is 4.37. The van der Waals surface area contributed by atoms with Crippen LogP contribution in [0.3, 0.4) is 0 Å². The molecule has 0 fully saturated rings. The molecule has 3 nitrogen and oxygen atoms in total. The van der Waals surface area contributed by atoms with E-state index in [2.05, 4.69) is 0 Å². The Morgan fingerprint density at radius 2 is 2.00 bits per heavy atom. The van der Waals surface area contributed by atoms with Crippen molar-refractivity contribution >= 4 is 9.84 Å². The maximum Gasteiger partial charge on any atom is 0.173 e. The first-order valence-electron chi connectivity index (χ1n) is 3.52. The van der Waals surface area contributed by atoms with Crippen LogP contribution in [0.4, 0.5) is 0 Å². The number of hydrogen-bond acceptors (Lipinski definition) is 3. The smallest absolute Gasteiger partial charge is 0.173 e. The minimum atomic E-state index is -3.06. The maximum absolute atomic E-state index is 11.0. The summed E-state index contributed by atoms with van der Waals surface area (Å²) in [5, 5.41) is 9.14. The first kappa shape index (κ1) is 10.7. The van der Waals surface area contributed by atoms with Gasteiger partial charge in [0.25, 0.3) is 0 Å². The molecule has 0 bridgehead atoms. The quantitative estimate of drug-likeness (QED) is 0.689. The van der Waals surface area contributed by atoms with Crippen LogP contribution in [0.2, 0.25) is 0 Å². The van der Waals surface area contributed by atoms with E-state index in [1.165, 1.54) is 6.08 Å². The summed E-state index contributed by atoms with van der Waals surface area (Å²) in [5.41, 5.74) is 0. The summed E-state index contributed by atoms with van der Waals surface area (Å²) in [6, 6.07) is 0. The van der Waals surface area contributed by atoms with Crippen molar-refractivity contribution in [3.63, 3.8) is 0 Å². The van der Waals surface area contributed by atoms with Crippen molar-refractivity contribution in [3.05, 3.63) is 11.5 Å². The van der Waals surface area contributed by atoms with E-state index >= 15 is 0 Å². The third-order valence-corrected chi connectivity index (χ3v) is 3.12. The second kappa shape index (κ2) is 4.51. The summed E-state index contributed by atoms with van der Waals surface area (Å²) < 4.78 is 22.1. The molecule has 0 radical (unpaired) electrons.